The van der Waals surface area contributed by atoms with E-state index in [1.807, 2.05) is 0 Å². The van der Waals surface area contributed by atoms with Crippen LogP contribution in [0.25, 0.3) is 0 Å². The zero-order chi connectivity index (χ0) is 7.98. The molecular formula is C6H3ClFIZn. The first-order valence-corrected chi connectivity index (χ1v) is 11.8. The average molecular weight is 322 g/mol. The summed E-state index contributed by atoms with van der Waals surface area (Å²) in [6.45, 7) is 0. The summed E-state index contributed by atoms with van der Waals surface area (Å²) in [5.41, 5.74) is 0. The summed E-state index contributed by atoms with van der Waals surface area (Å²) in [4.78, 5) is 0. The number of hydrogen-bond acceptors (Lipinski definition) is 0. The molecule has 0 aliphatic carbocycles. The predicted octanol–water partition coefficient (Wildman–Crippen LogP) is 3.16. The zero-order valence-electron chi connectivity index (χ0n) is 5.07. The Hall–Kier alpha value is 0.793. The summed E-state index contributed by atoms with van der Waals surface area (Å²) >= 11 is 8.92. The standard InChI is InChI=1S/C6H3ClF.HI.Zn/c7-5-3-1-2-4-6(5)8;;/h2-4H;1H;/q-1;;+2/p-1. The van der Waals surface area contributed by atoms with Crippen molar-refractivity contribution in [2.24, 2.45) is 0 Å². The molecule has 0 bridgehead atoms. The molecule has 0 saturated carbocycles. The molecule has 10 heavy (non-hydrogen) atoms. The van der Waals surface area contributed by atoms with Crippen LogP contribution in [0.1, 0.15) is 0 Å². The van der Waals surface area contributed by atoms with E-state index >= 15 is 0 Å². The van der Waals surface area contributed by atoms with E-state index in [2.05, 4.69) is 25.8 Å². The number of hydrogen-bond donors (Lipinski definition) is 0. The van der Waals surface area contributed by atoms with Gasteiger partial charge >= 0.3 is 34.5 Å². The summed E-state index contributed by atoms with van der Waals surface area (Å²) < 4.78 is 12.2. The van der Waals surface area contributed by atoms with Gasteiger partial charge in [-0.05, 0) is 5.02 Å². The molecule has 0 radical (unpaired) electrons. The number of benzene rings is 1. The molecule has 1 aromatic carbocycles. The van der Waals surface area contributed by atoms with E-state index in [4.69, 9.17) is 11.6 Å². The Kier molecular flexibility index (Phi) is 7.02. The van der Waals surface area contributed by atoms with E-state index in [1.165, 1.54) is 33.0 Å². The van der Waals surface area contributed by atoms with Crippen molar-refractivity contribution in [3.63, 3.8) is 0 Å². The normalized spacial score (nSPS) is 8.10. The van der Waals surface area contributed by atoms with Crippen LogP contribution in [0.3, 0.4) is 0 Å². The minimum absolute atomic E-state index is 0.118. The molecule has 0 aliphatic heterocycles. The second-order valence-electron chi connectivity index (χ2n) is 1.34. The van der Waals surface area contributed by atoms with Gasteiger partial charge < -0.3 is 0 Å². The SMILES string of the molecule is Fc1cc[c-]cc1Cl.[Zn+][I]. The first kappa shape index (κ1) is 10.8. The molecule has 1 aromatic rings. The van der Waals surface area contributed by atoms with Gasteiger partial charge in [0, 0.05) is 5.82 Å². The van der Waals surface area contributed by atoms with Crippen LogP contribution in [0.4, 0.5) is 4.39 Å². The minimum atomic E-state index is -0.398. The first-order chi connectivity index (χ1) is 4.80. The molecule has 0 heterocycles. The molecule has 4 heteroatoms. The molecule has 0 atom stereocenters. The van der Waals surface area contributed by atoms with E-state index in [0.29, 0.717) is 0 Å². The molecular weight excluding hydrogens is 319 g/mol. The van der Waals surface area contributed by atoms with Crippen LogP contribution in [0.2, 0.25) is 5.02 Å². The van der Waals surface area contributed by atoms with Gasteiger partial charge in [0.15, 0.2) is 0 Å². The fourth-order valence-corrected chi connectivity index (χ4v) is 0.517. The van der Waals surface area contributed by atoms with Crippen molar-refractivity contribution in [3.05, 3.63) is 35.1 Å². The molecule has 0 unspecified atom stereocenters. The molecule has 0 fully saturated rings. The van der Waals surface area contributed by atoms with Gasteiger partial charge in [-0.15, -0.1) is 6.07 Å². The molecule has 50 valence electrons. The number of halogens is 3. The summed E-state index contributed by atoms with van der Waals surface area (Å²) in [6.07, 6.45) is 0. The third-order valence-corrected chi connectivity index (χ3v) is 1.05. The summed E-state index contributed by atoms with van der Waals surface area (Å²) in [5.74, 6) is -0.398. The summed E-state index contributed by atoms with van der Waals surface area (Å²) in [6, 6.07) is 6.75. The maximum atomic E-state index is 12.2. The molecule has 0 aliphatic rings. The van der Waals surface area contributed by atoms with E-state index in [-0.39, 0.29) is 5.02 Å². The van der Waals surface area contributed by atoms with Gasteiger partial charge in [-0.25, -0.2) is 4.39 Å². The second-order valence-corrected chi connectivity index (χ2v) is 1.75. The zero-order valence-corrected chi connectivity index (χ0v) is 11.0. The topological polar surface area (TPSA) is 0 Å². The average Bonchev–Trinajstić information content (AvgIpc) is 2.00. The van der Waals surface area contributed by atoms with Gasteiger partial charge in [0.25, 0.3) is 0 Å². The van der Waals surface area contributed by atoms with Gasteiger partial charge in [-0.1, -0.05) is 0 Å². The van der Waals surface area contributed by atoms with Crippen LogP contribution in [0, 0.1) is 11.9 Å². The van der Waals surface area contributed by atoms with Crippen LogP contribution < -0.4 is 0 Å². The van der Waals surface area contributed by atoms with Crippen LogP contribution in [0.5, 0.6) is 0 Å². The maximum absolute atomic E-state index is 12.2. The van der Waals surface area contributed by atoms with Crippen molar-refractivity contribution in [1.29, 1.82) is 0 Å². The number of rotatable bonds is 0. The van der Waals surface area contributed by atoms with E-state index in [0.717, 1.165) is 0 Å². The van der Waals surface area contributed by atoms with Crippen LogP contribution >= 0.6 is 31.4 Å². The fraction of sp³-hybridized carbons (Fsp3) is 0. The second kappa shape index (κ2) is 6.50. The van der Waals surface area contributed by atoms with E-state index in [9.17, 15) is 4.39 Å². The molecule has 0 spiro atoms. The molecule has 0 saturated heterocycles. The first-order valence-electron chi connectivity index (χ1n) is 2.38. The van der Waals surface area contributed by atoms with Gasteiger partial charge in [0.2, 0.25) is 0 Å². The fourth-order valence-electron chi connectivity index (χ4n) is 0.391. The van der Waals surface area contributed by atoms with Gasteiger partial charge in [0.05, 0.1) is 0 Å². The third kappa shape index (κ3) is 3.84. The van der Waals surface area contributed by atoms with Gasteiger partial charge in [-0.2, -0.15) is 29.8 Å². The molecule has 0 nitrogen and oxygen atoms in total. The molecule has 0 aromatic heterocycles. The van der Waals surface area contributed by atoms with Crippen molar-refractivity contribution in [2.75, 3.05) is 0 Å². The van der Waals surface area contributed by atoms with Crippen LogP contribution in [0.15, 0.2) is 18.2 Å². The Morgan fingerprint density at radius 1 is 1.60 bits per heavy atom. The van der Waals surface area contributed by atoms with E-state index < -0.39 is 5.82 Å². The van der Waals surface area contributed by atoms with Crippen molar-refractivity contribution in [1.82, 2.24) is 0 Å². The summed E-state index contributed by atoms with van der Waals surface area (Å²) in [7, 11) is 0. The third-order valence-electron chi connectivity index (χ3n) is 0.764. The van der Waals surface area contributed by atoms with Crippen molar-refractivity contribution < 1.29 is 19.2 Å². The Morgan fingerprint density at radius 2 is 2.20 bits per heavy atom. The van der Waals surface area contributed by atoms with Crippen molar-refractivity contribution >= 4 is 31.4 Å². The Balaban J connectivity index is 0.000000371. The van der Waals surface area contributed by atoms with Crippen LogP contribution in [-0.4, -0.2) is 0 Å². The molecule has 1 rings (SSSR count). The molecule has 0 N–H and O–H groups in total. The Bertz CT molecular complexity index is 174. The predicted molar refractivity (Wildman–Crippen MR) is 44.3 cm³/mol. The van der Waals surface area contributed by atoms with Crippen LogP contribution in [-0.2, 0) is 14.8 Å². The van der Waals surface area contributed by atoms with Gasteiger partial charge in [0.1, 0.15) is 0 Å². The molecule has 0 amide bonds. The van der Waals surface area contributed by atoms with E-state index in [1.54, 1.807) is 0 Å². The van der Waals surface area contributed by atoms with Crippen molar-refractivity contribution in [2.45, 2.75) is 0 Å². The quantitative estimate of drug-likeness (QED) is 0.391. The Labute approximate surface area is 85.0 Å². The monoisotopic (exact) mass is 320 g/mol. The summed E-state index contributed by atoms with van der Waals surface area (Å²) in [5, 5.41) is 0.118. The van der Waals surface area contributed by atoms with Crippen molar-refractivity contribution in [3.8, 4) is 0 Å². The van der Waals surface area contributed by atoms with Gasteiger partial charge in [-0.3, -0.25) is 0 Å². The Morgan fingerprint density at radius 3 is 2.50 bits per heavy atom.